The molecule has 1 aromatic carbocycles. The molecule has 0 aliphatic carbocycles. The van der Waals surface area contributed by atoms with Gasteiger partial charge in [-0.3, -0.25) is 9.36 Å². The molecule has 0 atom stereocenters. The molecular weight excluding hydrogens is 392 g/mol. The number of amides is 1. The van der Waals surface area contributed by atoms with Crippen molar-refractivity contribution < 1.29 is 14.3 Å². The Morgan fingerprint density at radius 3 is 2.55 bits per heavy atom. The van der Waals surface area contributed by atoms with Crippen molar-refractivity contribution in [2.75, 3.05) is 11.9 Å². The average Bonchev–Trinajstić information content (AvgIpc) is 2.96. The van der Waals surface area contributed by atoms with E-state index in [9.17, 15) is 14.9 Å². The highest BCUT2D eigenvalue weighted by Gasteiger charge is 2.21. The Balaban J connectivity index is 1.80. The van der Waals surface area contributed by atoms with Crippen molar-refractivity contribution in [2.45, 2.75) is 13.8 Å². The van der Waals surface area contributed by atoms with E-state index in [1.807, 2.05) is 44.2 Å². The number of halogens is 1. The highest BCUT2D eigenvalue weighted by Crippen LogP contribution is 2.29. The molecule has 3 rings (SSSR count). The third-order valence-corrected chi connectivity index (χ3v) is 4.62. The number of para-hydroxylation sites is 1. The Morgan fingerprint density at radius 1 is 1.21 bits per heavy atom. The van der Waals surface area contributed by atoms with Gasteiger partial charge < -0.3 is 10.1 Å². The van der Waals surface area contributed by atoms with E-state index in [-0.39, 0.29) is 10.7 Å². The summed E-state index contributed by atoms with van der Waals surface area (Å²) in [7, 11) is 0. The van der Waals surface area contributed by atoms with Crippen molar-refractivity contribution in [1.29, 1.82) is 5.26 Å². The minimum Gasteiger partial charge on any atom is -0.452 e. The first-order valence-corrected chi connectivity index (χ1v) is 9.06. The molecule has 1 amide bonds. The third-order valence-electron chi connectivity index (χ3n) is 4.39. The summed E-state index contributed by atoms with van der Waals surface area (Å²) in [5, 5.41) is 12.5. The van der Waals surface area contributed by atoms with Crippen LogP contribution in [0.2, 0.25) is 5.15 Å². The van der Waals surface area contributed by atoms with Crippen molar-refractivity contribution >= 4 is 29.3 Å². The Bertz CT molecular complexity index is 1100. The molecule has 0 saturated carbocycles. The molecule has 2 heterocycles. The van der Waals surface area contributed by atoms with E-state index in [2.05, 4.69) is 16.4 Å². The number of nitrogens with zero attached hydrogens (tertiary/aromatic N) is 3. The van der Waals surface area contributed by atoms with Crippen LogP contribution >= 0.6 is 11.6 Å². The van der Waals surface area contributed by atoms with E-state index < -0.39 is 18.5 Å². The van der Waals surface area contributed by atoms with Gasteiger partial charge in [0.2, 0.25) is 0 Å². The lowest BCUT2D eigenvalue weighted by Gasteiger charge is -2.13. The molecule has 0 aliphatic rings. The van der Waals surface area contributed by atoms with Gasteiger partial charge in [0.15, 0.2) is 6.61 Å². The molecule has 0 bridgehead atoms. The van der Waals surface area contributed by atoms with Crippen molar-refractivity contribution in [3.63, 3.8) is 0 Å². The zero-order valence-corrected chi connectivity index (χ0v) is 16.5. The number of ether oxygens (including phenoxy) is 1. The first-order chi connectivity index (χ1) is 13.9. The van der Waals surface area contributed by atoms with Crippen LogP contribution in [0.4, 0.5) is 5.82 Å². The standard InChI is InChI=1S/C21H17ClN4O3/c1-13-14(2)26(16-6-4-3-5-7-16)20(17(13)10-23)25-19(27)12-29-21(28)15-8-9-18(22)24-11-15/h3-9,11H,12H2,1-2H3,(H,25,27). The minimum absolute atomic E-state index is 0.180. The van der Waals surface area contributed by atoms with E-state index in [0.717, 1.165) is 16.9 Å². The molecule has 1 N–H and O–H groups in total. The summed E-state index contributed by atoms with van der Waals surface area (Å²) in [5.74, 6) is -0.926. The molecule has 0 spiro atoms. The van der Waals surface area contributed by atoms with E-state index in [4.69, 9.17) is 16.3 Å². The number of benzene rings is 1. The molecular formula is C21H17ClN4O3. The molecule has 0 fully saturated rings. The molecule has 0 saturated heterocycles. The normalized spacial score (nSPS) is 10.3. The number of hydrogen-bond donors (Lipinski definition) is 1. The van der Waals surface area contributed by atoms with Crippen LogP contribution in [0, 0.1) is 25.2 Å². The topological polar surface area (TPSA) is 97.0 Å². The van der Waals surface area contributed by atoms with Crippen molar-refractivity contribution in [2.24, 2.45) is 0 Å². The second kappa shape index (κ2) is 8.59. The van der Waals surface area contributed by atoms with Gasteiger partial charge in [-0.15, -0.1) is 0 Å². The summed E-state index contributed by atoms with van der Waals surface area (Å²) >= 11 is 5.69. The van der Waals surface area contributed by atoms with Gasteiger partial charge in [0.25, 0.3) is 5.91 Å². The average molecular weight is 409 g/mol. The molecule has 8 heteroatoms. The third kappa shape index (κ3) is 4.28. The summed E-state index contributed by atoms with van der Waals surface area (Å²) in [6.07, 6.45) is 1.27. The SMILES string of the molecule is Cc1c(C#N)c(NC(=O)COC(=O)c2ccc(Cl)nc2)n(-c2ccccc2)c1C. The lowest BCUT2D eigenvalue weighted by molar-refractivity contribution is -0.119. The molecule has 0 radical (unpaired) electrons. The van der Waals surface area contributed by atoms with E-state index >= 15 is 0 Å². The van der Waals surface area contributed by atoms with Crippen molar-refractivity contribution in [3.05, 3.63) is 76.2 Å². The summed E-state index contributed by atoms with van der Waals surface area (Å²) in [6.45, 7) is 3.17. The highest BCUT2D eigenvalue weighted by atomic mass is 35.5. The first-order valence-electron chi connectivity index (χ1n) is 8.68. The number of esters is 1. The maximum absolute atomic E-state index is 12.4. The fourth-order valence-electron chi connectivity index (χ4n) is 2.84. The van der Waals surface area contributed by atoms with Crippen LogP contribution in [0.1, 0.15) is 27.2 Å². The first kappa shape index (κ1) is 20.1. The zero-order valence-electron chi connectivity index (χ0n) is 15.8. The number of nitrogens with one attached hydrogen (secondary N) is 1. The quantitative estimate of drug-likeness (QED) is 0.511. The van der Waals surface area contributed by atoms with Crippen LogP contribution in [0.3, 0.4) is 0 Å². The van der Waals surface area contributed by atoms with E-state index in [1.54, 1.807) is 4.57 Å². The zero-order chi connectivity index (χ0) is 21.0. The van der Waals surface area contributed by atoms with Crippen molar-refractivity contribution in [1.82, 2.24) is 9.55 Å². The summed E-state index contributed by atoms with van der Waals surface area (Å²) < 4.78 is 6.82. The minimum atomic E-state index is -0.698. The second-order valence-corrected chi connectivity index (χ2v) is 6.60. The predicted molar refractivity (Wildman–Crippen MR) is 108 cm³/mol. The number of carbonyl (C=O) groups excluding carboxylic acids is 2. The molecule has 0 aliphatic heterocycles. The fourth-order valence-corrected chi connectivity index (χ4v) is 2.95. The van der Waals surface area contributed by atoms with E-state index in [0.29, 0.717) is 11.4 Å². The van der Waals surface area contributed by atoms with Crippen LogP contribution in [0.15, 0.2) is 48.7 Å². The Kier molecular flexibility index (Phi) is 5.96. The van der Waals surface area contributed by atoms with Gasteiger partial charge in [-0.1, -0.05) is 29.8 Å². The molecule has 146 valence electrons. The number of pyridine rings is 1. The van der Waals surface area contributed by atoms with Gasteiger partial charge in [0, 0.05) is 17.6 Å². The summed E-state index contributed by atoms with van der Waals surface area (Å²) in [6, 6.07) is 14.4. The van der Waals surface area contributed by atoms with Crippen LogP contribution in [0.25, 0.3) is 5.69 Å². The van der Waals surface area contributed by atoms with Gasteiger partial charge >= 0.3 is 5.97 Å². The number of rotatable bonds is 5. The van der Waals surface area contributed by atoms with Crippen molar-refractivity contribution in [3.8, 4) is 11.8 Å². The summed E-state index contributed by atoms with van der Waals surface area (Å²) in [5.41, 5.74) is 2.92. The summed E-state index contributed by atoms with van der Waals surface area (Å²) in [4.78, 5) is 28.3. The maximum Gasteiger partial charge on any atom is 0.340 e. The number of anilines is 1. The Hall–Kier alpha value is -3.63. The molecule has 29 heavy (non-hydrogen) atoms. The largest absolute Gasteiger partial charge is 0.452 e. The van der Waals surface area contributed by atoms with Gasteiger partial charge in [-0.25, -0.2) is 9.78 Å². The molecule has 3 aromatic rings. The number of hydrogen-bond acceptors (Lipinski definition) is 5. The Labute approximate surface area is 172 Å². The van der Waals surface area contributed by atoms with Gasteiger partial charge in [0.1, 0.15) is 17.0 Å². The molecule has 0 unspecified atom stereocenters. The van der Waals surface area contributed by atoms with Gasteiger partial charge in [-0.2, -0.15) is 5.26 Å². The number of nitriles is 1. The second-order valence-electron chi connectivity index (χ2n) is 6.21. The maximum atomic E-state index is 12.4. The highest BCUT2D eigenvalue weighted by molar-refractivity contribution is 6.29. The van der Waals surface area contributed by atoms with Gasteiger partial charge in [0.05, 0.1) is 11.1 Å². The number of aromatic nitrogens is 2. The predicted octanol–water partition coefficient (Wildman–Crippen LogP) is 3.81. The molecule has 7 nitrogen and oxygen atoms in total. The van der Waals surface area contributed by atoms with Crippen LogP contribution < -0.4 is 5.32 Å². The smallest absolute Gasteiger partial charge is 0.340 e. The van der Waals surface area contributed by atoms with E-state index in [1.165, 1.54) is 18.3 Å². The van der Waals surface area contributed by atoms with Crippen LogP contribution in [0.5, 0.6) is 0 Å². The Morgan fingerprint density at radius 2 is 1.93 bits per heavy atom. The van der Waals surface area contributed by atoms with Crippen LogP contribution in [-0.4, -0.2) is 28.0 Å². The lowest BCUT2D eigenvalue weighted by Crippen LogP contribution is -2.23. The number of carbonyl (C=O) groups is 2. The van der Waals surface area contributed by atoms with Crippen LogP contribution in [-0.2, 0) is 9.53 Å². The van der Waals surface area contributed by atoms with Gasteiger partial charge in [-0.05, 0) is 43.7 Å². The lowest BCUT2D eigenvalue weighted by atomic mass is 10.2. The fraction of sp³-hybridized carbons (Fsp3) is 0.143. The monoisotopic (exact) mass is 408 g/mol. The molecule has 2 aromatic heterocycles.